The average molecular weight is 333 g/mol. The topological polar surface area (TPSA) is 75.6 Å². The number of ether oxygens (including phenoxy) is 1. The fraction of sp³-hybridized carbons (Fsp3) is 0.294. The Balaban J connectivity index is 1.73. The first kappa shape index (κ1) is 17.0. The minimum atomic E-state index is -0.950. The lowest BCUT2D eigenvalue weighted by Gasteiger charge is -2.09. The summed E-state index contributed by atoms with van der Waals surface area (Å²) >= 11 is 1.16. The van der Waals surface area contributed by atoms with Crippen molar-refractivity contribution in [3.63, 3.8) is 0 Å². The zero-order valence-electron chi connectivity index (χ0n) is 13.1. The molecule has 6 heteroatoms. The summed E-state index contributed by atoms with van der Waals surface area (Å²) in [6.45, 7) is 4.63. The van der Waals surface area contributed by atoms with Crippen LogP contribution in [0.2, 0.25) is 0 Å². The number of carboxylic acids is 1. The van der Waals surface area contributed by atoms with Gasteiger partial charge >= 0.3 is 5.97 Å². The van der Waals surface area contributed by atoms with Crippen molar-refractivity contribution in [1.29, 1.82) is 0 Å². The molecule has 1 heterocycles. The first-order valence-corrected chi connectivity index (χ1v) is 8.06. The van der Waals surface area contributed by atoms with Crippen LogP contribution in [0.3, 0.4) is 0 Å². The first-order chi connectivity index (χ1) is 11.0. The third-order valence-electron chi connectivity index (χ3n) is 3.25. The van der Waals surface area contributed by atoms with Crippen LogP contribution in [0.1, 0.15) is 32.1 Å². The number of carbonyl (C=O) groups excluding carboxylic acids is 1. The van der Waals surface area contributed by atoms with Gasteiger partial charge in [0.15, 0.2) is 0 Å². The molecule has 23 heavy (non-hydrogen) atoms. The number of carbonyl (C=O) groups is 2. The molecule has 0 fully saturated rings. The van der Waals surface area contributed by atoms with Gasteiger partial charge in [-0.2, -0.15) is 0 Å². The molecule has 2 aromatic rings. The molecular weight excluding hydrogens is 314 g/mol. The maximum absolute atomic E-state index is 11.8. The fourth-order valence-electron chi connectivity index (χ4n) is 2.08. The number of nitrogens with one attached hydrogen (secondary N) is 1. The summed E-state index contributed by atoms with van der Waals surface area (Å²) in [5.41, 5.74) is 2.22. The minimum absolute atomic E-state index is 0.125. The molecule has 0 aliphatic rings. The molecule has 0 saturated heterocycles. The molecule has 0 saturated carbocycles. The van der Waals surface area contributed by atoms with Crippen LogP contribution in [-0.2, 0) is 11.3 Å². The van der Waals surface area contributed by atoms with Crippen molar-refractivity contribution in [3.05, 3.63) is 51.2 Å². The Morgan fingerprint density at radius 2 is 2.00 bits per heavy atom. The van der Waals surface area contributed by atoms with E-state index >= 15 is 0 Å². The Hall–Kier alpha value is -2.34. The fourth-order valence-corrected chi connectivity index (χ4v) is 2.86. The molecule has 0 atom stereocenters. The van der Waals surface area contributed by atoms with Gasteiger partial charge in [0.25, 0.3) is 0 Å². The SMILES string of the molecule is Cc1ccc(OCCC(=O)NCc2ccc(C(=O)O)s2)c(C)c1. The Morgan fingerprint density at radius 3 is 2.65 bits per heavy atom. The van der Waals surface area contributed by atoms with Crippen molar-refractivity contribution >= 4 is 23.2 Å². The molecule has 0 unspecified atom stereocenters. The molecule has 0 radical (unpaired) electrons. The van der Waals surface area contributed by atoms with E-state index in [0.717, 1.165) is 27.5 Å². The zero-order chi connectivity index (χ0) is 16.8. The van der Waals surface area contributed by atoms with Crippen molar-refractivity contribution in [2.75, 3.05) is 6.61 Å². The van der Waals surface area contributed by atoms with Gasteiger partial charge in [-0.3, -0.25) is 4.79 Å². The monoisotopic (exact) mass is 333 g/mol. The summed E-state index contributed by atoms with van der Waals surface area (Å²) in [4.78, 5) is 23.6. The van der Waals surface area contributed by atoms with Crippen LogP contribution in [0.25, 0.3) is 0 Å². The van der Waals surface area contributed by atoms with Crippen molar-refractivity contribution < 1.29 is 19.4 Å². The molecule has 1 aromatic heterocycles. The van der Waals surface area contributed by atoms with Gasteiger partial charge in [0.05, 0.1) is 19.6 Å². The number of hydrogen-bond acceptors (Lipinski definition) is 4. The Bertz CT molecular complexity index is 708. The maximum atomic E-state index is 11.8. The number of aromatic carboxylic acids is 1. The van der Waals surface area contributed by atoms with E-state index in [4.69, 9.17) is 9.84 Å². The predicted octanol–water partition coefficient (Wildman–Crippen LogP) is 3.15. The number of rotatable bonds is 7. The van der Waals surface area contributed by atoms with Crippen molar-refractivity contribution in [3.8, 4) is 5.75 Å². The second-order valence-corrected chi connectivity index (χ2v) is 6.38. The normalized spacial score (nSPS) is 10.3. The molecule has 0 spiro atoms. The Kier molecular flexibility index (Phi) is 5.76. The lowest BCUT2D eigenvalue weighted by Crippen LogP contribution is -2.24. The summed E-state index contributed by atoms with van der Waals surface area (Å²) in [6.07, 6.45) is 0.254. The van der Waals surface area contributed by atoms with Crippen molar-refractivity contribution in [2.24, 2.45) is 0 Å². The van der Waals surface area contributed by atoms with Gasteiger partial charge in [-0.1, -0.05) is 17.7 Å². The summed E-state index contributed by atoms with van der Waals surface area (Å²) in [5.74, 6) is -0.290. The second kappa shape index (κ2) is 7.78. The molecule has 5 nitrogen and oxygen atoms in total. The maximum Gasteiger partial charge on any atom is 0.345 e. The number of thiophene rings is 1. The number of amides is 1. The van der Waals surface area contributed by atoms with Gasteiger partial charge < -0.3 is 15.2 Å². The van der Waals surface area contributed by atoms with Crippen LogP contribution in [0.5, 0.6) is 5.75 Å². The highest BCUT2D eigenvalue weighted by Crippen LogP contribution is 2.19. The van der Waals surface area contributed by atoms with Crippen molar-refractivity contribution in [1.82, 2.24) is 5.32 Å². The number of benzene rings is 1. The van der Waals surface area contributed by atoms with E-state index in [-0.39, 0.29) is 17.2 Å². The van der Waals surface area contributed by atoms with Crippen LogP contribution in [0, 0.1) is 13.8 Å². The smallest absolute Gasteiger partial charge is 0.345 e. The zero-order valence-corrected chi connectivity index (χ0v) is 13.9. The van der Waals surface area contributed by atoms with Gasteiger partial charge in [-0.25, -0.2) is 4.79 Å². The van der Waals surface area contributed by atoms with E-state index in [1.54, 1.807) is 6.07 Å². The van der Waals surface area contributed by atoms with E-state index in [1.165, 1.54) is 11.6 Å². The van der Waals surface area contributed by atoms with Crippen molar-refractivity contribution in [2.45, 2.75) is 26.8 Å². The molecule has 0 aliphatic heterocycles. The van der Waals surface area contributed by atoms with E-state index in [0.29, 0.717) is 13.2 Å². The van der Waals surface area contributed by atoms with Gasteiger partial charge in [0, 0.05) is 4.88 Å². The van der Waals surface area contributed by atoms with E-state index in [2.05, 4.69) is 5.32 Å². The molecule has 1 amide bonds. The summed E-state index contributed by atoms with van der Waals surface area (Å²) in [6, 6.07) is 9.16. The third-order valence-corrected chi connectivity index (χ3v) is 4.32. The number of aryl methyl sites for hydroxylation is 2. The highest BCUT2D eigenvalue weighted by Gasteiger charge is 2.08. The molecule has 0 bridgehead atoms. The van der Waals surface area contributed by atoms with Crippen LogP contribution in [0.4, 0.5) is 0 Å². The molecule has 122 valence electrons. The minimum Gasteiger partial charge on any atom is -0.493 e. The highest BCUT2D eigenvalue weighted by atomic mass is 32.1. The average Bonchev–Trinajstić information content (AvgIpc) is 2.96. The molecule has 2 rings (SSSR count). The standard InChI is InChI=1S/C17H19NO4S/c1-11-3-5-14(12(2)9-11)22-8-7-16(19)18-10-13-4-6-15(23-13)17(20)21/h3-6,9H,7-8,10H2,1-2H3,(H,18,19)(H,20,21). The largest absolute Gasteiger partial charge is 0.493 e. The van der Waals surface area contributed by atoms with Gasteiger partial charge in [-0.15, -0.1) is 11.3 Å². The summed E-state index contributed by atoms with van der Waals surface area (Å²) < 4.78 is 5.61. The second-order valence-electron chi connectivity index (χ2n) is 5.22. The Morgan fingerprint density at radius 1 is 1.22 bits per heavy atom. The number of hydrogen-bond donors (Lipinski definition) is 2. The van der Waals surface area contributed by atoms with Crippen LogP contribution in [0.15, 0.2) is 30.3 Å². The van der Waals surface area contributed by atoms with Crippen LogP contribution < -0.4 is 10.1 Å². The van der Waals surface area contributed by atoms with E-state index in [1.807, 2.05) is 32.0 Å². The molecular formula is C17H19NO4S. The van der Waals surface area contributed by atoms with E-state index in [9.17, 15) is 9.59 Å². The Labute approximate surface area is 138 Å². The van der Waals surface area contributed by atoms with Crippen LogP contribution in [-0.4, -0.2) is 23.6 Å². The first-order valence-electron chi connectivity index (χ1n) is 7.24. The van der Waals surface area contributed by atoms with Gasteiger partial charge in [-0.05, 0) is 37.6 Å². The van der Waals surface area contributed by atoms with Gasteiger partial charge in [0.1, 0.15) is 10.6 Å². The predicted molar refractivity (Wildman–Crippen MR) is 89.2 cm³/mol. The molecule has 1 aromatic carbocycles. The summed E-state index contributed by atoms with van der Waals surface area (Å²) in [7, 11) is 0. The quantitative estimate of drug-likeness (QED) is 0.816. The number of carboxylic acid groups (broad SMARTS) is 1. The lowest BCUT2D eigenvalue weighted by molar-refractivity contribution is -0.121. The van der Waals surface area contributed by atoms with E-state index < -0.39 is 5.97 Å². The third kappa shape index (κ3) is 5.10. The highest BCUT2D eigenvalue weighted by molar-refractivity contribution is 7.13. The summed E-state index contributed by atoms with van der Waals surface area (Å²) in [5, 5.41) is 11.6. The van der Waals surface area contributed by atoms with Crippen LogP contribution >= 0.6 is 11.3 Å². The van der Waals surface area contributed by atoms with Gasteiger partial charge in [0.2, 0.25) is 5.91 Å². The molecule has 0 aliphatic carbocycles. The molecule has 2 N–H and O–H groups in total. The lowest BCUT2D eigenvalue weighted by atomic mass is 10.1.